The predicted molar refractivity (Wildman–Crippen MR) is 261 cm³/mol. The highest BCUT2D eigenvalue weighted by Gasteiger charge is 2.42. The summed E-state index contributed by atoms with van der Waals surface area (Å²) in [6.07, 6.45) is 4.11. The van der Waals surface area contributed by atoms with E-state index in [-0.39, 0.29) is 61.3 Å². The number of carbonyl (C=O) groups is 4. The van der Waals surface area contributed by atoms with Crippen LogP contribution in [0, 0.1) is 35.0 Å². The number of carbonyl (C=O) groups excluding carboxylic acids is 4. The summed E-state index contributed by atoms with van der Waals surface area (Å²) in [6.45, 7) is 19.6. The second-order valence-corrected chi connectivity index (χ2v) is 19.7. The van der Waals surface area contributed by atoms with E-state index in [9.17, 15) is 24.4 Å². The van der Waals surface area contributed by atoms with E-state index in [4.69, 9.17) is 14.6 Å². The first-order valence-electron chi connectivity index (χ1n) is 23.8. The molecule has 0 radical (unpaired) electrons. The Morgan fingerprint density at radius 2 is 1.79 bits per heavy atom. The van der Waals surface area contributed by atoms with Gasteiger partial charge in [-0.05, 0) is 117 Å². The molecule has 2 saturated heterocycles. The van der Waals surface area contributed by atoms with Crippen molar-refractivity contribution in [2.24, 2.45) is 23.2 Å². The van der Waals surface area contributed by atoms with Gasteiger partial charge in [0.1, 0.15) is 12.1 Å². The molecule has 2 aliphatic rings. The smallest absolute Gasteiger partial charge is 0.298 e. The minimum atomic E-state index is -0.939. The Hall–Kier alpha value is -5.59. The standard InChI is InChI=1S/C53H71N7O7/c1-12-17-46(61)58-30-34(5)43(31-58)51(63)57(10)48(33(3)4)50(62)55-44(52(64)60-25-16-18-35(6)56-60)27-37-19-14-20-38(26-37)39-22-23-45-41(28-39)42(29-53(8,9)32-67-65)49(59(45)13-2)40-21-15-24-54-47(40)36(7)66-11/h14-15,19-24,26,28,33-36,43-44,48,56,65H,13,16,18,25,27,29-32H2,1-11H3,(H,55,62)/t34-,35+,36-,43+,44-,48-/m0/s1. The Morgan fingerprint density at radius 1 is 1.04 bits per heavy atom. The lowest BCUT2D eigenvalue weighted by Gasteiger charge is -2.36. The zero-order valence-electron chi connectivity index (χ0n) is 41.3. The summed E-state index contributed by atoms with van der Waals surface area (Å²) in [6, 6.07) is 16.9. The molecule has 6 rings (SSSR count). The van der Waals surface area contributed by atoms with Crippen molar-refractivity contribution in [3.8, 4) is 34.2 Å². The van der Waals surface area contributed by atoms with Crippen LogP contribution >= 0.6 is 0 Å². The number of ether oxygens (including phenoxy) is 1. The van der Waals surface area contributed by atoms with Crippen molar-refractivity contribution in [3.05, 3.63) is 77.6 Å². The molecule has 0 spiro atoms. The summed E-state index contributed by atoms with van der Waals surface area (Å²) in [4.78, 5) is 68.4. The van der Waals surface area contributed by atoms with Gasteiger partial charge in [0.2, 0.25) is 11.8 Å². The van der Waals surface area contributed by atoms with Crippen LogP contribution in [0.15, 0.2) is 60.8 Å². The molecule has 2 aliphatic heterocycles. The monoisotopic (exact) mass is 918 g/mol. The second kappa shape index (κ2) is 22.0. The van der Waals surface area contributed by atoms with Gasteiger partial charge < -0.3 is 24.4 Å². The van der Waals surface area contributed by atoms with Crippen molar-refractivity contribution in [1.82, 2.24) is 35.1 Å². The van der Waals surface area contributed by atoms with Gasteiger partial charge >= 0.3 is 0 Å². The van der Waals surface area contributed by atoms with E-state index in [1.807, 2.05) is 52.8 Å². The third-order valence-corrected chi connectivity index (χ3v) is 13.5. The first-order valence-corrected chi connectivity index (χ1v) is 23.8. The van der Waals surface area contributed by atoms with Gasteiger partial charge in [0, 0.05) is 75.5 Å². The van der Waals surface area contributed by atoms with Crippen molar-refractivity contribution >= 4 is 34.5 Å². The number of likely N-dealkylation sites (N-methyl/N-ethyl adjacent to an activating group) is 1. The molecule has 2 aromatic carbocycles. The summed E-state index contributed by atoms with van der Waals surface area (Å²) in [5.41, 5.74) is 10.7. The third kappa shape index (κ3) is 11.4. The van der Waals surface area contributed by atoms with Crippen molar-refractivity contribution in [3.63, 3.8) is 0 Å². The molecule has 67 heavy (non-hydrogen) atoms. The number of likely N-dealkylation sites (tertiary alicyclic amines) is 1. The van der Waals surface area contributed by atoms with Crippen LogP contribution in [0.5, 0.6) is 0 Å². The summed E-state index contributed by atoms with van der Waals surface area (Å²) >= 11 is 0. The fraction of sp³-hybridized carbons (Fsp3) is 0.528. The maximum absolute atomic E-state index is 14.5. The lowest BCUT2D eigenvalue weighted by Crippen LogP contribution is -2.61. The van der Waals surface area contributed by atoms with Gasteiger partial charge in [-0.1, -0.05) is 70.9 Å². The molecular formula is C53H71N7O7. The molecule has 4 aromatic rings. The van der Waals surface area contributed by atoms with Crippen molar-refractivity contribution < 1.29 is 34.1 Å². The fourth-order valence-electron chi connectivity index (χ4n) is 10.0. The Balaban J connectivity index is 1.35. The van der Waals surface area contributed by atoms with Crippen LogP contribution in [0.1, 0.15) is 98.1 Å². The quantitative estimate of drug-likeness (QED) is 0.0562. The number of hydrogen-bond acceptors (Lipinski definition) is 9. The zero-order chi connectivity index (χ0) is 48.7. The summed E-state index contributed by atoms with van der Waals surface area (Å²) < 4.78 is 8.11. The molecule has 6 atom stereocenters. The van der Waals surface area contributed by atoms with Gasteiger partial charge in [0.25, 0.3) is 11.8 Å². The Bertz CT molecular complexity index is 2490. The highest BCUT2D eigenvalue weighted by molar-refractivity contribution is 5.97. The average molecular weight is 918 g/mol. The van der Waals surface area contributed by atoms with Crippen LogP contribution in [0.4, 0.5) is 0 Å². The highest BCUT2D eigenvalue weighted by atomic mass is 17.1. The number of methoxy groups -OCH3 is 1. The minimum absolute atomic E-state index is 0.0884. The molecule has 14 heteroatoms. The number of rotatable bonds is 17. The Kier molecular flexibility index (Phi) is 16.7. The molecule has 2 aromatic heterocycles. The Labute approximate surface area is 396 Å². The number of nitrogens with one attached hydrogen (secondary N) is 2. The number of amides is 4. The van der Waals surface area contributed by atoms with Gasteiger partial charge in [-0.2, -0.15) is 0 Å². The molecule has 360 valence electrons. The SMILES string of the molecule is CC#CC(=O)N1C[C@H](C)[C@H](C(=O)N(C)[C@H](C(=O)N[C@@H](Cc2cccc(-c3ccc4c(c3)c(CC(C)(C)COO)c(-c3cccnc3[C@H](C)OC)n4CC)c2)C(=O)N2CCC[C@@H](C)N2)C(C)C)C1. The summed E-state index contributed by atoms with van der Waals surface area (Å²) in [5, 5.41) is 15.4. The second-order valence-electron chi connectivity index (χ2n) is 19.7. The number of hydrazine groups is 1. The molecule has 0 saturated carbocycles. The van der Waals surface area contributed by atoms with E-state index < -0.39 is 29.3 Å². The normalized spacial score (nSPS) is 18.9. The number of benzene rings is 2. The molecule has 4 amide bonds. The van der Waals surface area contributed by atoms with Gasteiger partial charge in [0.15, 0.2) is 0 Å². The van der Waals surface area contributed by atoms with Crippen LogP contribution in [-0.2, 0) is 48.2 Å². The first kappa shape index (κ1) is 50.8. The fourth-order valence-corrected chi connectivity index (χ4v) is 10.0. The largest absolute Gasteiger partial charge is 0.375 e. The number of aromatic nitrogens is 2. The molecule has 3 N–H and O–H groups in total. The van der Waals surface area contributed by atoms with Crippen LogP contribution in [0.2, 0.25) is 0 Å². The Morgan fingerprint density at radius 3 is 2.46 bits per heavy atom. The number of hydrogen-bond donors (Lipinski definition) is 3. The molecule has 2 fully saturated rings. The van der Waals surface area contributed by atoms with Crippen LogP contribution in [-0.4, -0.2) is 112 Å². The van der Waals surface area contributed by atoms with E-state index in [0.29, 0.717) is 26.1 Å². The number of nitrogens with zero attached hydrogens (tertiary/aromatic N) is 5. The number of pyridine rings is 1. The van der Waals surface area contributed by atoms with E-state index in [1.165, 1.54) is 4.90 Å². The molecule has 4 heterocycles. The van der Waals surface area contributed by atoms with Gasteiger partial charge in [-0.3, -0.25) is 34.4 Å². The minimum Gasteiger partial charge on any atom is -0.375 e. The first-order chi connectivity index (χ1) is 31.9. The van der Waals surface area contributed by atoms with Crippen LogP contribution in [0.3, 0.4) is 0 Å². The predicted octanol–water partition coefficient (Wildman–Crippen LogP) is 7.30. The highest BCUT2D eigenvalue weighted by Crippen LogP contribution is 2.42. The lowest BCUT2D eigenvalue weighted by molar-refractivity contribution is -0.259. The van der Waals surface area contributed by atoms with Gasteiger partial charge in [0.05, 0.1) is 30.0 Å². The van der Waals surface area contributed by atoms with E-state index in [0.717, 1.165) is 62.9 Å². The van der Waals surface area contributed by atoms with Crippen molar-refractivity contribution in [2.75, 3.05) is 40.4 Å². The lowest BCUT2D eigenvalue weighted by atomic mass is 9.84. The van der Waals surface area contributed by atoms with Crippen LogP contribution in [0.25, 0.3) is 33.3 Å². The summed E-state index contributed by atoms with van der Waals surface area (Å²) in [7, 11) is 3.32. The average Bonchev–Trinajstić information content (AvgIpc) is 3.84. The van der Waals surface area contributed by atoms with Gasteiger partial charge in [-0.25, -0.2) is 10.3 Å². The topological polar surface area (TPSA) is 159 Å². The van der Waals surface area contributed by atoms with Crippen molar-refractivity contribution in [2.45, 2.75) is 119 Å². The molecule has 0 aliphatic carbocycles. The maximum atomic E-state index is 14.5. The molecule has 0 unspecified atom stereocenters. The zero-order valence-corrected chi connectivity index (χ0v) is 41.3. The van der Waals surface area contributed by atoms with E-state index in [1.54, 1.807) is 37.2 Å². The number of fused-ring (bicyclic) bond motifs is 1. The maximum Gasteiger partial charge on any atom is 0.298 e. The van der Waals surface area contributed by atoms with Crippen LogP contribution < -0.4 is 10.7 Å². The molecule has 14 nitrogen and oxygen atoms in total. The molecular weight excluding hydrogens is 847 g/mol. The van der Waals surface area contributed by atoms with Gasteiger partial charge in [-0.15, -0.1) is 0 Å². The van der Waals surface area contributed by atoms with Crippen molar-refractivity contribution in [1.29, 1.82) is 0 Å². The third-order valence-electron chi connectivity index (χ3n) is 13.5. The molecule has 0 bridgehead atoms. The number of aryl methyl sites for hydroxylation is 1. The van der Waals surface area contributed by atoms with E-state index in [2.05, 4.69) is 84.3 Å². The summed E-state index contributed by atoms with van der Waals surface area (Å²) in [5.74, 6) is 3.15. The van der Waals surface area contributed by atoms with E-state index >= 15 is 0 Å².